The number of rotatable bonds is 2. The Hall–Kier alpha value is -0.870. The molecule has 1 aliphatic heterocycles. The fourth-order valence-corrected chi connectivity index (χ4v) is 1.53. The molecule has 4 nitrogen and oxygen atoms in total. The highest BCUT2D eigenvalue weighted by atomic mass is 16.5. The molecule has 0 spiro atoms. The Morgan fingerprint density at radius 2 is 2.23 bits per heavy atom. The summed E-state index contributed by atoms with van der Waals surface area (Å²) < 4.78 is 10.5. The molecule has 0 aromatic carbocycles. The van der Waals surface area contributed by atoms with Crippen molar-refractivity contribution in [2.24, 2.45) is 0 Å². The lowest BCUT2D eigenvalue weighted by molar-refractivity contribution is 0.0794. The van der Waals surface area contributed by atoms with Gasteiger partial charge in [0.25, 0.3) is 0 Å². The van der Waals surface area contributed by atoms with Crippen molar-refractivity contribution in [3.63, 3.8) is 0 Å². The van der Waals surface area contributed by atoms with E-state index in [2.05, 4.69) is 4.98 Å². The second-order valence-corrected chi connectivity index (χ2v) is 3.22. The van der Waals surface area contributed by atoms with E-state index >= 15 is 0 Å². The molecule has 1 fully saturated rings. The van der Waals surface area contributed by atoms with E-state index in [1.54, 1.807) is 0 Å². The van der Waals surface area contributed by atoms with Crippen LogP contribution < -0.4 is 0 Å². The van der Waals surface area contributed by atoms with Crippen molar-refractivity contribution in [1.29, 1.82) is 0 Å². The lowest BCUT2D eigenvalue weighted by atomic mass is 10.0. The molecular formula is C9H13NO3. The summed E-state index contributed by atoms with van der Waals surface area (Å²) in [5, 5.41) is 8.80. The molecule has 2 rings (SSSR count). The third kappa shape index (κ3) is 1.89. The van der Waals surface area contributed by atoms with E-state index in [9.17, 15) is 0 Å². The molecule has 1 aromatic heterocycles. The Kier molecular flexibility index (Phi) is 2.61. The monoisotopic (exact) mass is 183 g/mol. The van der Waals surface area contributed by atoms with Crippen LogP contribution in [0.3, 0.4) is 0 Å². The number of hydrogen-bond donors (Lipinski definition) is 1. The number of ether oxygens (including phenoxy) is 1. The van der Waals surface area contributed by atoms with Crippen molar-refractivity contribution in [2.45, 2.75) is 25.4 Å². The zero-order valence-electron chi connectivity index (χ0n) is 7.40. The normalized spacial score (nSPS) is 19.2. The second kappa shape index (κ2) is 3.89. The van der Waals surface area contributed by atoms with Crippen LogP contribution in [0.2, 0.25) is 0 Å². The fraction of sp³-hybridized carbons (Fsp3) is 0.667. The van der Waals surface area contributed by atoms with Crippen LogP contribution in [0.1, 0.15) is 30.3 Å². The maximum absolute atomic E-state index is 8.80. The zero-order chi connectivity index (χ0) is 9.10. The first-order chi connectivity index (χ1) is 6.40. The molecule has 4 heteroatoms. The molecule has 0 radical (unpaired) electrons. The zero-order valence-corrected chi connectivity index (χ0v) is 7.40. The van der Waals surface area contributed by atoms with E-state index in [1.165, 1.54) is 6.26 Å². The quantitative estimate of drug-likeness (QED) is 0.744. The minimum atomic E-state index is -0.0489. The van der Waals surface area contributed by atoms with E-state index in [1.807, 2.05) is 0 Å². The maximum atomic E-state index is 8.80. The van der Waals surface area contributed by atoms with Gasteiger partial charge in [-0.2, -0.15) is 0 Å². The van der Waals surface area contributed by atoms with Gasteiger partial charge < -0.3 is 14.3 Å². The first kappa shape index (κ1) is 8.72. The number of aromatic nitrogens is 1. The number of aliphatic hydroxyl groups excluding tert-OH is 1. The minimum Gasteiger partial charge on any atom is -0.448 e. The molecule has 1 saturated heterocycles. The summed E-state index contributed by atoms with van der Waals surface area (Å²) in [7, 11) is 0. The van der Waals surface area contributed by atoms with Crippen LogP contribution in [0.4, 0.5) is 0 Å². The Balaban J connectivity index is 2.05. The van der Waals surface area contributed by atoms with Crippen molar-refractivity contribution in [1.82, 2.24) is 4.98 Å². The predicted octanol–water partition coefficient (Wildman–Crippen LogP) is 1.06. The van der Waals surface area contributed by atoms with Gasteiger partial charge in [0.2, 0.25) is 0 Å². The molecule has 0 aliphatic carbocycles. The van der Waals surface area contributed by atoms with Gasteiger partial charge in [0.1, 0.15) is 12.0 Å². The lowest BCUT2D eigenvalue weighted by Crippen LogP contribution is -2.14. The van der Waals surface area contributed by atoms with E-state index < -0.39 is 0 Å². The van der Waals surface area contributed by atoms with Crippen molar-refractivity contribution in [3.05, 3.63) is 17.8 Å². The van der Waals surface area contributed by atoms with Gasteiger partial charge in [-0.15, -0.1) is 0 Å². The molecule has 0 unspecified atom stereocenters. The van der Waals surface area contributed by atoms with Gasteiger partial charge >= 0.3 is 0 Å². The second-order valence-electron chi connectivity index (χ2n) is 3.22. The maximum Gasteiger partial charge on any atom is 0.197 e. The highest BCUT2D eigenvalue weighted by Gasteiger charge is 2.20. The molecule has 0 amide bonds. The Morgan fingerprint density at radius 1 is 1.46 bits per heavy atom. The summed E-state index contributed by atoms with van der Waals surface area (Å²) in [6.07, 6.45) is 3.45. The summed E-state index contributed by atoms with van der Waals surface area (Å²) in [5.41, 5.74) is 0.612. The fourth-order valence-electron chi connectivity index (χ4n) is 1.53. The topological polar surface area (TPSA) is 55.5 Å². The van der Waals surface area contributed by atoms with Crippen LogP contribution in [0.15, 0.2) is 10.7 Å². The van der Waals surface area contributed by atoms with Crippen LogP contribution in [0.5, 0.6) is 0 Å². The number of oxazole rings is 1. The minimum absolute atomic E-state index is 0.0489. The van der Waals surface area contributed by atoms with E-state index in [-0.39, 0.29) is 6.61 Å². The van der Waals surface area contributed by atoms with Gasteiger partial charge in [-0.05, 0) is 12.8 Å². The van der Waals surface area contributed by atoms with Crippen LogP contribution in [0, 0.1) is 0 Å². The molecule has 1 N–H and O–H groups in total. The molecule has 13 heavy (non-hydrogen) atoms. The van der Waals surface area contributed by atoms with E-state index in [0.717, 1.165) is 31.9 Å². The SMILES string of the molecule is OCc1coc(C2CCOCC2)n1. The molecule has 0 atom stereocenters. The average molecular weight is 183 g/mol. The van der Waals surface area contributed by atoms with Crippen molar-refractivity contribution in [2.75, 3.05) is 13.2 Å². The van der Waals surface area contributed by atoms with Gasteiger partial charge in [0.15, 0.2) is 5.89 Å². The highest BCUT2D eigenvalue weighted by molar-refractivity contribution is 5.00. The predicted molar refractivity (Wildman–Crippen MR) is 45.2 cm³/mol. The largest absolute Gasteiger partial charge is 0.448 e. The van der Waals surface area contributed by atoms with Crippen molar-refractivity contribution >= 4 is 0 Å². The summed E-state index contributed by atoms with van der Waals surface area (Å²) in [5.74, 6) is 1.11. The highest BCUT2D eigenvalue weighted by Crippen LogP contribution is 2.25. The van der Waals surface area contributed by atoms with Gasteiger partial charge in [-0.25, -0.2) is 4.98 Å². The van der Waals surface area contributed by atoms with Crippen LogP contribution in [0.25, 0.3) is 0 Å². The summed E-state index contributed by atoms with van der Waals surface area (Å²) >= 11 is 0. The summed E-state index contributed by atoms with van der Waals surface area (Å²) in [6, 6.07) is 0. The molecule has 1 aromatic rings. The first-order valence-electron chi connectivity index (χ1n) is 4.53. The number of nitrogens with zero attached hydrogens (tertiary/aromatic N) is 1. The van der Waals surface area contributed by atoms with Gasteiger partial charge in [-0.1, -0.05) is 0 Å². The molecule has 0 bridgehead atoms. The summed E-state index contributed by atoms with van der Waals surface area (Å²) in [6.45, 7) is 1.51. The third-order valence-corrected chi connectivity index (χ3v) is 2.30. The molecule has 1 aliphatic rings. The number of hydrogen-bond acceptors (Lipinski definition) is 4. The molecular weight excluding hydrogens is 170 g/mol. The lowest BCUT2D eigenvalue weighted by Gasteiger charge is -2.18. The smallest absolute Gasteiger partial charge is 0.197 e. The van der Waals surface area contributed by atoms with Crippen LogP contribution >= 0.6 is 0 Å². The van der Waals surface area contributed by atoms with E-state index in [4.69, 9.17) is 14.3 Å². The standard InChI is InChI=1S/C9H13NO3/c11-5-8-6-13-9(10-8)7-1-3-12-4-2-7/h6-7,11H,1-5H2. The summed E-state index contributed by atoms with van der Waals surface area (Å²) in [4.78, 5) is 4.18. The van der Waals surface area contributed by atoms with E-state index in [0.29, 0.717) is 11.6 Å². The molecule has 72 valence electrons. The number of aliphatic hydroxyl groups is 1. The molecule has 0 saturated carbocycles. The Labute approximate surface area is 76.5 Å². The first-order valence-corrected chi connectivity index (χ1v) is 4.53. The van der Waals surface area contributed by atoms with Crippen LogP contribution in [-0.4, -0.2) is 23.3 Å². The molecule has 2 heterocycles. The third-order valence-electron chi connectivity index (χ3n) is 2.30. The van der Waals surface area contributed by atoms with Gasteiger partial charge in [0.05, 0.1) is 6.61 Å². The van der Waals surface area contributed by atoms with Crippen molar-refractivity contribution < 1.29 is 14.3 Å². The van der Waals surface area contributed by atoms with Gasteiger partial charge in [-0.3, -0.25) is 0 Å². The van der Waals surface area contributed by atoms with Crippen molar-refractivity contribution in [3.8, 4) is 0 Å². The Bertz CT molecular complexity index is 266. The van der Waals surface area contributed by atoms with Gasteiger partial charge in [0, 0.05) is 19.1 Å². The average Bonchev–Trinajstić information content (AvgIpc) is 2.67. The van der Waals surface area contributed by atoms with Crippen LogP contribution in [-0.2, 0) is 11.3 Å². The Morgan fingerprint density at radius 3 is 2.85 bits per heavy atom.